The van der Waals surface area contributed by atoms with Crippen LogP contribution < -0.4 is 10.2 Å². The van der Waals surface area contributed by atoms with Crippen LogP contribution >= 0.6 is 0 Å². The summed E-state index contributed by atoms with van der Waals surface area (Å²) in [7, 11) is 0. The maximum absolute atomic E-state index is 14.1. The van der Waals surface area contributed by atoms with Gasteiger partial charge in [-0.05, 0) is 18.9 Å². The van der Waals surface area contributed by atoms with Crippen LogP contribution in [-0.2, 0) is 6.54 Å². The summed E-state index contributed by atoms with van der Waals surface area (Å²) in [6, 6.07) is 5.86. The van der Waals surface area contributed by atoms with Crippen LogP contribution in [0, 0.1) is 5.82 Å². The van der Waals surface area contributed by atoms with Gasteiger partial charge in [-0.1, -0.05) is 26.0 Å². The molecule has 100 valence electrons. The van der Waals surface area contributed by atoms with Gasteiger partial charge in [0.25, 0.3) is 0 Å². The molecule has 0 spiro atoms. The predicted octanol–water partition coefficient (Wildman–Crippen LogP) is 0.649. The van der Waals surface area contributed by atoms with Crippen LogP contribution in [0.2, 0.25) is 0 Å². The Labute approximate surface area is 109 Å². The van der Waals surface area contributed by atoms with Gasteiger partial charge in [0.15, 0.2) is 6.04 Å². The average Bonchev–Trinajstić information content (AvgIpc) is 2.38. The number of halogens is 1. The number of fused-ring (bicyclic) bond motifs is 1. The highest BCUT2D eigenvalue weighted by Crippen LogP contribution is 2.20. The molecule has 1 aromatic carbocycles. The summed E-state index contributed by atoms with van der Waals surface area (Å²) in [5.41, 5.74) is 2.17. The number of rotatable bonds is 5. The molecule has 0 fully saturated rings. The second kappa shape index (κ2) is 6.30. The Morgan fingerprint density at radius 2 is 2.00 bits per heavy atom. The largest absolute Gasteiger partial charge is 0.337 e. The summed E-state index contributed by atoms with van der Waals surface area (Å²) in [5, 5.41) is 2.32. The fraction of sp³-hybridized carbons (Fsp3) is 0.600. The molecule has 0 unspecified atom stereocenters. The summed E-state index contributed by atoms with van der Waals surface area (Å²) in [4.78, 5) is 1.54. The molecule has 2 nitrogen and oxygen atoms in total. The number of hydrogen-bond donors (Lipinski definition) is 2. The molecular formula is C15H25FN2+2. The van der Waals surface area contributed by atoms with Gasteiger partial charge in [0, 0.05) is 5.56 Å². The Morgan fingerprint density at radius 3 is 2.67 bits per heavy atom. The zero-order valence-corrected chi connectivity index (χ0v) is 11.5. The molecule has 0 amide bonds. The van der Waals surface area contributed by atoms with E-state index in [1.165, 1.54) is 5.56 Å². The van der Waals surface area contributed by atoms with Crippen LogP contribution in [-0.4, -0.2) is 19.6 Å². The summed E-state index contributed by atoms with van der Waals surface area (Å²) in [5.74, 6) is -0.00435. The van der Waals surface area contributed by atoms with Gasteiger partial charge in [-0.25, -0.2) is 4.39 Å². The molecule has 0 radical (unpaired) electrons. The SMILES string of the molecule is CCC[NH+](CCC)[C@H]1C[NH2+]Cc2cccc(F)c21. The maximum Gasteiger partial charge on any atom is 0.166 e. The van der Waals surface area contributed by atoms with Crippen molar-refractivity contribution in [3.05, 3.63) is 35.1 Å². The first-order valence-corrected chi connectivity index (χ1v) is 7.21. The van der Waals surface area contributed by atoms with Crippen LogP contribution in [0.4, 0.5) is 4.39 Å². The number of nitrogens with one attached hydrogen (secondary N) is 1. The Bertz CT molecular complexity index is 386. The van der Waals surface area contributed by atoms with E-state index in [4.69, 9.17) is 0 Å². The van der Waals surface area contributed by atoms with Gasteiger partial charge in [0.05, 0.1) is 18.7 Å². The molecule has 2 rings (SSSR count). The second-order valence-electron chi connectivity index (χ2n) is 5.25. The Kier molecular flexibility index (Phi) is 4.72. The van der Waals surface area contributed by atoms with E-state index in [1.807, 2.05) is 6.07 Å². The molecule has 1 aromatic rings. The third-order valence-electron chi connectivity index (χ3n) is 3.89. The van der Waals surface area contributed by atoms with Gasteiger partial charge >= 0.3 is 0 Å². The van der Waals surface area contributed by atoms with E-state index in [2.05, 4.69) is 25.2 Å². The molecule has 0 aliphatic carbocycles. The highest BCUT2D eigenvalue weighted by atomic mass is 19.1. The van der Waals surface area contributed by atoms with Crippen molar-refractivity contribution < 1.29 is 14.6 Å². The van der Waals surface area contributed by atoms with Crippen molar-refractivity contribution in [1.82, 2.24) is 0 Å². The minimum Gasteiger partial charge on any atom is -0.337 e. The second-order valence-corrected chi connectivity index (χ2v) is 5.25. The standard InChI is InChI=1S/C15H23FN2/c1-3-8-18(9-4-2)14-11-17-10-12-6-5-7-13(16)15(12)14/h5-7,14,17H,3-4,8-11H2,1-2H3/p+2/t14-/m0/s1. The van der Waals surface area contributed by atoms with Crippen molar-refractivity contribution in [2.24, 2.45) is 0 Å². The third-order valence-corrected chi connectivity index (χ3v) is 3.89. The summed E-state index contributed by atoms with van der Waals surface area (Å²) in [6.07, 6.45) is 2.32. The van der Waals surface area contributed by atoms with Gasteiger partial charge < -0.3 is 10.2 Å². The predicted molar refractivity (Wildman–Crippen MR) is 70.9 cm³/mol. The van der Waals surface area contributed by atoms with Gasteiger partial charge in [0.2, 0.25) is 0 Å². The van der Waals surface area contributed by atoms with E-state index >= 15 is 0 Å². The van der Waals surface area contributed by atoms with Gasteiger partial charge in [-0.15, -0.1) is 0 Å². The Morgan fingerprint density at radius 1 is 1.28 bits per heavy atom. The molecule has 3 N–H and O–H groups in total. The van der Waals surface area contributed by atoms with Crippen LogP contribution in [0.3, 0.4) is 0 Å². The number of quaternary nitrogens is 2. The number of hydrogen-bond acceptors (Lipinski definition) is 0. The summed E-state index contributed by atoms with van der Waals surface area (Å²) in [6.45, 7) is 8.65. The smallest absolute Gasteiger partial charge is 0.166 e. The molecule has 18 heavy (non-hydrogen) atoms. The minimum atomic E-state index is -0.00435. The molecule has 1 aliphatic rings. The first-order chi connectivity index (χ1) is 8.77. The van der Waals surface area contributed by atoms with Crippen molar-refractivity contribution in [2.45, 2.75) is 39.3 Å². The highest BCUT2D eigenvalue weighted by Gasteiger charge is 2.33. The van der Waals surface area contributed by atoms with Crippen molar-refractivity contribution >= 4 is 0 Å². The molecule has 1 atom stereocenters. The van der Waals surface area contributed by atoms with E-state index in [0.717, 1.165) is 44.6 Å². The molecule has 1 aliphatic heterocycles. The normalized spacial score (nSPS) is 19.0. The number of benzene rings is 1. The maximum atomic E-state index is 14.1. The van der Waals surface area contributed by atoms with Crippen molar-refractivity contribution in [3.63, 3.8) is 0 Å². The topological polar surface area (TPSA) is 21.1 Å². The van der Waals surface area contributed by atoms with Crippen LogP contribution in [0.25, 0.3) is 0 Å². The first-order valence-electron chi connectivity index (χ1n) is 7.21. The monoisotopic (exact) mass is 252 g/mol. The van der Waals surface area contributed by atoms with E-state index in [0.29, 0.717) is 6.04 Å². The van der Waals surface area contributed by atoms with Crippen LogP contribution in [0.15, 0.2) is 18.2 Å². The Balaban J connectivity index is 2.29. The molecule has 0 saturated heterocycles. The van der Waals surface area contributed by atoms with E-state index < -0.39 is 0 Å². The lowest BCUT2D eigenvalue weighted by atomic mass is 9.94. The number of nitrogens with two attached hydrogens (primary N) is 1. The van der Waals surface area contributed by atoms with E-state index in [1.54, 1.807) is 11.0 Å². The average molecular weight is 252 g/mol. The summed E-state index contributed by atoms with van der Waals surface area (Å²) < 4.78 is 14.1. The van der Waals surface area contributed by atoms with E-state index in [9.17, 15) is 4.39 Å². The molecule has 0 saturated carbocycles. The lowest BCUT2D eigenvalue weighted by Crippen LogP contribution is -3.15. The minimum absolute atomic E-state index is 0.00435. The molecule has 0 bridgehead atoms. The van der Waals surface area contributed by atoms with Gasteiger partial charge in [-0.3, -0.25) is 0 Å². The molecular weight excluding hydrogens is 227 g/mol. The van der Waals surface area contributed by atoms with Gasteiger partial charge in [0.1, 0.15) is 18.9 Å². The summed E-state index contributed by atoms with van der Waals surface area (Å²) >= 11 is 0. The lowest BCUT2D eigenvalue weighted by Gasteiger charge is -2.31. The quantitative estimate of drug-likeness (QED) is 0.768. The zero-order chi connectivity index (χ0) is 13.0. The fourth-order valence-electron chi connectivity index (χ4n) is 3.16. The molecule has 1 heterocycles. The van der Waals surface area contributed by atoms with Crippen LogP contribution in [0.1, 0.15) is 43.9 Å². The van der Waals surface area contributed by atoms with Crippen molar-refractivity contribution in [1.29, 1.82) is 0 Å². The third kappa shape index (κ3) is 2.73. The van der Waals surface area contributed by atoms with E-state index in [-0.39, 0.29) is 5.82 Å². The van der Waals surface area contributed by atoms with Gasteiger partial charge in [-0.2, -0.15) is 0 Å². The zero-order valence-electron chi connectivity index (χ0n) is 11.5. The van der Waals surface area contributed by atoms with Crippen LogP contribution in [0.5, 0.6) is 0 Å². The fourth-order valence-corrected chi connectivity index (χ4v) is 3.16. The highest BCUT2D eigenvalue weighted by molar-refractivity contribution is 5.30. The Hall–Kier alpha value is -0.930. The molecule has 0 aromatic heterocycles. The molecule has 3 heteroatoms. The van der Waals surface area contributed by atoms with Crippen molar-refractivity contribution in [2.75, 3.05) is 19.6 Å². The first kappa shape index (κ1) is 13.5. The lowest BCUT2D eigenvalue weighted by molar-refractivity contribution is -0.948. The van der Waals surface area contributed by atoms with Crippen molar-refractivity contribution in [3.8, 4) is 0 Å².